The number of aliphatic hydroxyl groups is 3. The van der Waals surface area contributed by atoms with Gasteiger partial charge < -0.3 is 25.0 Å². The van der Waals surface area contributed by atoms with Crippen LogP contribution in [0.15, 0.2) is 45.3 Å². The van der Waals surface area contributed by atoms with Crippen LogP contribution < -0.4 is 5.73 Å². The molecule has 5 N–H and O–H groups in total. The predicted octanol–water partition coefficient (Wildman–Crippen LogP) is -1.88. The number of nitrogens with zero attached hydrogens (tertiary/aromatic N) is 4. The van der Waals surface area contributed by atoms with Gasteiger partial charge in [-0.15, -0.1) is 0 Å². The third kappa shape index (κ3) is 2.69. The number of carbonyl (C=O) groups excluding carboxylic acids is 1. The van der Waals surface area contributed by atoms with Crippen molar-refractivity contribution in [3.63, 3.8) is 0 Å². The first-order chi connectivity index (χ1) is 13.0. The molecule has 0 aromatic heterocycles. The molecule has 142 valence electrons. The summed E-state index contributed by atoms with van der Waals surface area (Å²) in [5.74, 6) is -0.194. The van der Waals surface area contributed by atoms with E-state index in [1.807, 2.05) is 0 Å². The van der Waals surface area contributed by atoms with E-state index in [1.165, 1.54) is 11.2 Å². The summed E-state index contributed by atoms with van der Waals surface area (Å²) in [6, 6.07) is 8.50. The van der Waals surface area contributed by atoms with Crippen molar-refractivity contribution in [3.05, 3.63) is 35.9 Å². The Hall–Kier alpha value is -2.50. The van der Waals surface area contributed by atoms with Crippen molar-refractivity contribution < 1.29 is 24.9 Å². The largest absolute Gasteiger partial charge is 0.394 e. The molecule has 0 radical (unpaired) electrons. The number of ketones is 1. The van der Waals surface area contributed by atoms with E-state index >= 15 is 0 Å². The van der Waals surface area contributed by atoms with Gasteiger partial charge in [0.1, 0.15) is 37.0 Å². The lowest BCUT2D eigenvalue weighted by molar-refractivity contribution is -0.0688. The number of aliphatic hydroxyl groups excluding tert-OH is 3. The van der Waals surface area contributed by atoms with Gasteiger partial charge in [0.15, 0.2) is 12.1 Å². The molecule has 3 aliphatic heterocycles. The lowest BCUT2D eigenvalue weighted by Gasteiger charge is -2.31. The molecule has 4 rings (SSSR count). The number of nitrogens with two attached hydrogens (primary N) is 1. The van der Waals surface area contributed by atoms with Crippen molar-refractivity contribution >= 4 is 23.7 Å². The molecule has 3 aliphatic rings. The molecule has 0 amide bonds. The van der Waals surface area contributed by atoms with Crippen molar-refractivity contribution in [2.75, 3.05) is 13.3 Å². The number of Topliss-reactive ketones (excluding diaryl/α,β-unsaturated/α-hetero) is 1. The third-order valence-electron chi connectivity index (χ3n) is 4.87. The highest BCUT2D eigenvalue weighted by Gasteiger charge is 2.52. The number of amidine groups is 1. The van der Waals surface area contributed by atoms with E-state index in [9.17, 15) is 20.1 Å². The molecule has 10 heteroatoms. The molecule has 0 saturated carbocycles. The van der Waals surface area contributed by atoms with Gasteiger partial charge in [0.05, 0.1) is 6.61 Å². The zero-order valence-electron chi connectivity index (χ0n) is 14.2. The predicted molar refractivity (Wildman–Crippen MR) is 95.5 cm³/mol. The first-order valence-corrected chi connectivity index (χ1v) is 8.42. The Bertz CT molecular complexity index is 841. The highest BCUT2D eigenvalue weighted by Crippen LogP contribution is 2.29. The van der Waals surface area contributed by atoms with Crippen LogP contribution >= 0.6 is 0 Å². The molecule has 1 aromatic carbocycles. The Kier molecular flexibility index (Phi) is 4.36. The highest BCUT2D eigenvalue weighted by molar-refractivity contribution is 6.52. The number of fused-ring (bicyclic) bond motifs is 1. The van der Waals surface area contributed by atoms with Gasteiger partial charge in [-0.2, -0.15) is 0 Å². The Labute approximate surface area is 154 Å². The Morgan fingerprint density at radius 1 is 1.30 bits per heavy atom. The first kappa shape index (κ1) is 17.9. The van der Waals surface area contributed by atoms with E-state index in [1.54, 1.807) is 30.3 Å². The smallest absolute Gasteiger partial charge is 0.219 e. The average Bonchev–Trinajstić information content (AvgIpc) is 3.24. The second-order valence-electron chi connectivity index (χ2n) is 6.51. The molecular formula is C17H19N5O5. The molecular weight excluding hydrogens is 354 g/mol. The zero-order chi connectivity index (χ0) is 19.2. The number of benzene rings is 1. The number of carbonyl (C=O) groups is 1. The van der Waals surface area contributed by atoms with Crippen LogP contribution in [0.4, 0.5) is 0 Å². The topological polar surface area (TPSA) is 153 Å². The molecule has 0 spiro atoms. The lowest BCUT2D eigenvalue weighted by atomic mass is 9.93. The fourth-order valence-corrected chi connectivity index (χ4v) is 3.40. The van der Waals surface area contributed by atoms with E-state index in [2.05, 4.69) is 15.0 Å². The van der Waals surface area contributed by atoms with Crippen LogP contribution in [0.1, 0.15) is 10.4 Å². The quantitative estimate of drug-likeness (QED) is 0.450. The minimum Gasteiger partial charge on any atom is -0.394 e. The van der Waals surface area contributed by atoms with Crippen LogP contribution in [-0.2, 0) is 4.74 Å². The summed E-state index contributed by atoms with van der Waals surface area (Å²) < 4.78 is 5.53. The monoisotopic (exact) mass is 373 g/mol. The Morgan fingerprint density at radius 2 is 2.04 bits per heavy atom. The molecule has 27 heavy (non-hydrogen) atoms. The fourth-order valence-electron chi connectivity index (χ4n) is 3.40. The van der Waals surface area contributed by atoms with Crippen LogP contribution in [0, 0.1) is 0 Å². The van der Waals surface area contributed by atoms with Crippen LogP contribution in [0.25, 0.3) is 0 Å². The van der Waals surface area contributed by atoms with Crippen molar-refractivity contribution in [3.8, 4) is 0 Å². The summed E-state index contributed by atoms with van der Waals surface area (Å²) >= 11 is 0. The SMILES string of the molecule is NC1(C(=O)c2ccccc2)N=CN=C2C1=NCN2[C@@H]1O[C@H](CO)[C@@H](O)[C@H]1O. The summed E-state index contributed by atoms with van der Waals surface area (Å²) in [5.41, 5.74) is 5.12. The van der Waals surface area contributed by atoms with E-state index in [0.717, 1.165) is 0 Å². The van der Waals surface area contributed by atoms with Crippen LogP contribution in [0.5, 0.6) is 0 Å². The maximum atomic E-state index is 13.0. The lowest BCUT2D eigenvalue weighted by Crippen LogP contribution is -2.59. The molecule has 1 aromatic rings. The molecule has 10 nitrogen and oxygen atoms in total. The average molecular weight is 373 g/mol. The zero-order valence-corrected chi connectivity index (χ0v) is 14.2. The van der Waals surface area contributed by atoms with Crippen molar-refractivity contribution in [1.82, 2.24) is 4.90 Å². The number of aliphatic imine (C=N–C) groups is 3. The second kappa shape index (κ2) is 6.59. The molecule has 3 heterocycles. The van der Waals surface area contributed by atoms with Gasteiger partial charge >= 0.3 is 0 Å². The van der Waals surface area contributed by atoms with Crippen LogP contribution in [0.3, 0.4) is 0 Å². The number of hydrogen-bond acceptors (Lipinski definition) is 10. The standard InChI is InChI=1S/C17H19N5O5/c18-17(14(26)9-4-2-1-3-5-9)13-15(19-7-21-17)22(8-20-13)16-12(25)11(24)10(6-23)27-16/h1-5,7,10-12,16,23-25H,6,8,18H2/t10-,11-,12-,16-,17?/m1/s1. The molecule has 1 unspecified atom stereocenters. The van der Waals surface area contributed by atoms with Gasteiger partial charge in [-0.3, -0.25) is 15.5 Å². The number of hydrogen-bond donors (Lipinski definition) is 4. The fraction of sp³-hybridized carbons (Fsp3) is 0.412. The van der Waals surface area contributed by atoms with E-state index in [4.69, 9.17) is 10.5 Å². The van der Waals surface area contributed by atoms with Crippen molar-refractivity contribution in [2.24, 2.45) is 20.7 Å². The van der Waals surface area contributed by atoms with Gasteiger partial charge in [-0.25, -0.2) is 9.98 Å². The summed E-state index contributed by atoms with van der Waals surface area (Å²) in [6.07, 6.45) is -3.28. The summed E-state index contributed by atoms with van der Waals surface area (Å²) in [5, 5.41) is 29.5. The molecule has 0 aliphatic carbocycles. The minimum absolute atomic E-state index is 0.0190. The Balaban J connectivity index is 1.62. The number of ether oxygens (including phenoxy) is 1. The maximum absolute atomic E-state index is 13.0. The highest BCUT2D eigenvalue weighted by atomic mass is 16.6. The minimum atomic E-state index is -1.74. The molecule has 0 bridgehead atoms. The van der Waals surface area contributed by atoms with Crippen molar-refractivity contribution in [1.29, 1.82) is 0 Å². The summed E-state index contributed by atoms with van der Waals surface area (Å²) in [4.78, 5) is 27.0. The van der Waals surface area contributed by atoms with Gasteiger partial charge in [0.25, 0.3) is 0 Å². The van der Waals surface area contributed by atoms with Crippen LogP contribution in [-0.4, -0.2) is 87.4 Å². The van der Waals surface area contributed by atoms with E-state index in [-0.39, 0.29) is 18.2 Å². The first-order valence-electron chi connectivity index (χ1n) is 8.42. The molecule has 1 saturated heterocycles. The van der Waals surface area contributed by atoms with E-state index in [0.29, 0.717) is 5.56 Å². The van der Waals surface area contributed by atoms with E-state index < -0.39 is 42.6 Å². The van der Waals surface area contributed by atoms with Crippen LogP contribution in [0.2, 0.25) is 0 Å². The second-order valence-corrected chi connectivity index (χ2v) is 6.51. The molecule has 1 fully saturated rings. The van der Waals surface area contributed by atoms with Gasteiger partial charge in [0, 0.05) is 5.56 Å². The molecule has 5 atom stereocenters. The van der Waals surface area contributed by atoms with Crippen molar-refractivity contribution in [2.45, 2.75) is 30.2 Å². The summed E-state index contributed by atoms with van der Waals surface area (Å²) in [7, 11) is 0. The Morgan fingerprint density at radius 3 is 2.70 bits per heavy atom. The summed E-state index contributed by atoms with van der Waals surface area (Å²) in [6.45, 7) is -0.428. The third-order valence-corrected chi connectivity index (χ3v) is 4.87. The normalized spacial score (nSPS) is 35.0. The van der Waals surface area contributed by atoms with Gasteiger partial charge in [-0.05, 0) is 0 Å². The van der Waals surface area contributed by atoms with Gasteiger partial charge in [-0.1, -0.05) is 30.3 Å². The number of rotatable bonds is 4. The van der Waals surface area contributed by atoms with Gasteiger partial charge in [0.2, 0.25) is 11.4 Å². The maximum Gasteiger partial charge on any atom is 0.219 e.